The standard InChI is InChI=1S/C23H22N4O/c28-23(18-11-4-5-12-19(18)25-17-9-2-1-3-10-17)24-16-8-15-22-26-20-13-6-7-14-21(20)27-22/h1-7,9-14,25H,8,15-16H2,(H,24,28)(H,26,27). The molecule has 140 valence electrons. The number of fused-ring (bicyclic) bond motifs is 1. The maximum atomic E-state index is 12.6. The lowest BCUT2D eigenvalue weighted by molar-refractivity contribution is 0.0954. The minimum atomic E-state index is -0.0800. The van der Waals surface area contributed by atoms with Gasteiger partial charge in [-0.3, -0.25) is 4.79 Å². The quantitative estimate of drug-likeness (QED) is 0.414. The lowest BCUT2D eigenvalue weighted by Crippen LogP contribution is -2.25. The molecule has 3 aromatic carbocycles. The average molecular weight is 370 g/mol. The highest BCUT2D eigenvalue weighted by molar-refractivity contribution is 6.00. The zero-order valence-electron chi connectivity index (χ0n) is 15.5. The lowest BCUT2D eigenvalue weighted by atomic mass is 10.1. The van der Waals surface area contributed by atoms with Gasteiger partial charge in [-0.2, -0.15) is 0 Å². The fourth-order valence-corrected chi connectivity index (χ4v) is 3.14. The van der Waals surface area contributed by atoms with Gasteiger partial charge in [-0.15, -0.1) is 0 Å². The van der Waals surface area contributed by atoms with E-state index in [0.29, 0.717) is 12.1 Å². The van der Waals surface area contributed by atoms with Gasteiger partial charge in [0.05, 0.1) is 22.3 Å². The zero-order chi connectivity index (χ0) is 19.2. The topological polar surface area (TPSA) is 69.8 Å². The van der Waals surface area contributed by atoms with Crippen molar-refractivity contribution in [2.75, 3.05) is 11.9 Å². The molecule has 0 saturated heterocycles. The Balaban J connectivity index is 1.33. The van der Waals surface area contributed by atoms with Crippen LogP contribution in [-0.2, 0) is 6.42 Å². The summed E-state index contributed by atoms with van der Waals surface area (Å²) in [5.41, 5.74) is 4.40. The summed E-state index contributed by atoms with van der Waals surface area (Å²) in [5, 5.41) is 6.32. The number of imidazole rings is 1. The summed E-state index contributed by atoms with van der Waals surface area (Å²) >= 11 is 0. The lowest BCUT2D eigenvalue weighted by Gasteiger charge is -2.12. The molecule has 28 heavy (non-hydrogen) atoms. The van der Waals surface area contributed by atoms with Gasteiger partial charge in [-0.05, 0) is 42.8 Å². The highest BCUT2D eigenvalue weighted by Gasteiger charge is 2.11. The minimum absolute atomic E-state index is 0.0800. The number of nitrogens with one attached hydrogen (secondary N) is 3. The molecule has 0 aliphatic rings. The van der Waals surface area contributed by atoms with Gasteiger partial charge in [0.1, 0.15) is 5.82 Å². The van der Waals surface area contributed by atoms with Gasteiger partial charge in [0.25, 0.3) is 5.91 Å². The van der Waals surface area contributed by atoms with E-state index in [1.807, 2.05) is 78.9 Å². The van der Waals surface area contributed by atoms with Gasteiger partial charge in [-0.25, -0.2) is 4.98 Å². The highest BCUT2D eigenvalue weighted by Crippen LogP contribution is 2.20. The summed E-state index contributed by atoms with van der Waals surface area (Å²) in [4.78, 5) is 20.5. The fraction of sp³-hybridized carbons (Fsp3) is 0.130. The van der Waals surface area contributed by atoms with Crippen molar-refractivity contribution >= 4 is 28.3 Å². The first-order valence-corrected chi connectivity index (χ1v) is 9.42. The van der Waals surface area contributed by atoms with Crippen molar-refractivity contribution in [1.29, 1.82) is 0 Å². The zero-order valence-corrected chi connectivity index (χ0v) is 15.5. The molecule has 1 amide bonds. The second-order valence-electron chi connectivity index (χ2n) is 6.60. The van der Waals surface area contributed by atoms with Crippen molar-refractivity contribution < 1.29 is 4.79 Å². The first-order chi connectivity index (χ1) is 13.8. The van der Waals surface area contributed by atoms with E-state index >= 15 is 0 Å². The van der Waals surface area contributed by atoms with Crippen LogP contribution >= 0.6 is 0 Å². The number of nitrogens with zero attached hydrogens (tertiary/aromatic N) is 1. The first-order valence-electron chi connectivity index (χ1n) is 9.42. The summed E-state index contributed by atoms with van der Waals surface area (Å²) in [6.07, 6.45) is 1.61. The second kappa shape index (κ2) is 8.39. The number of aromatic nitrogens is 2. The number of aromatic amines is 1. The van der Waals surface area contributed by atoms with E-state index in [-0.39, 0.29) is 5.91 Å². The second-order valence-corrected chi connectivity index (χ2v) is 6.60. The van der Waals surface area contributed by atoms with Crippen molar-refractivity contribution in [3.63, 3.8) is 0 Å². The number of hydrogen-bond acceptors (Lipinski definition) is 3. The summed E-state index contributed by atoms with van der Waals surface area (Å²) < 4.78 is 0. The van der Waals surface area contributed by atoms with E-state index in [9.17, 15) is 4.79 Å². The Morgan fingerprint density at radius 3 is 2.50 bits per heavy atom. The van der Waals surface area contributed by atoms with E-state index in [4.69, 9.17) is 0 Å². The van der Waals surface area contributed by atoms with E-state index in [0.717, 1.165) is 41.1 Å². The number of benzene rings is 3. The molecule has 0 aliphatic carbocycles. The van der Waals surface area contributed by atoms with Crippen LogP contribution in [0, 0.1) is 0 Å². The predicted molar refractivity (Wildman–Crippen MR) is 113 cm³/mol. The van der Waals surface area contributed by atoms with Crippen LogP contribution in [0.5, 0.6) is 0 Å². The van der Waals surface area contributed by atoms with Crippen LogP contribution in [0.2, 0.25) is 0 Å². The third-order valence-corrected chi connectivity index (χ3v) is 4.54. The maximum Gasteiger partial charge on any atom is 0.253 e. The Labute approximate surface area is 163 Å². The van der Waals surface area contributed by atoms with Gasteiger partial charge < -0.3 is 15.6 Å². The number of rotatable bonds is 7. The highest BCUT2D eigenvalue weighted by atomic mass is 16.1. The molecular weight excluding hydrogens is 348 g/mol. The fourth-order valence-electron chi connectivity index (χ4n) is 3.14. The van der Waals surface area contributed by atoms with Crippen molar-refractivity contribution in [3.8, 4) is 0 Å². The molecule has 5 heteroatoms. The number of para-hydroxylation sites is 4. The van der Waals surface area contributed by atoms with Crippen LogP contribution in [0.3, 0.4) is 0 Å². The average Bonchev–Trinajstić information content (AvgIpc) is 3.15. The molecule has 0 unspecified atom stereocenters. The van der Waals surface area contributed by atoms with Gasteiger partial charge >= 0.3 is 0 Å². The molecular formula is C23H22N4O. The molecule has 4 aromatic rings. The monoisotopic (exact) mass is 370 g/mol. The van der Waals surface area contributed by atoms with Gasteiger partial charge in [-0.1, -0.05) is 42.5 Å². The third-order valence-electron chi connectivity index (χ3n) is 4.54. The molecule has 0 radical (unpaired) electrons. The Morgan fingerprint density at radius 1 is 0.893 bits per heavy atom. The summed E-state index contributed by atoms with van der Waals surface area (Å²) in [6.45, 7) is 0.593. The van der Waals surface area contributed by atoms with Crippen LogP contribution in [0.25, 0.3) is 11.0 Å². The van der Waals surface area contributed by atoms with Crippen LogP contribution < -0.4 is 10.6 Å². The molecule has 0 aliphatic heterocycles. The molecule has 0 fully saturated rings. The first kappa shape index (κ1) is 17.8. The largest absolute Gasteiger partial charge is 0.355 e. The Hall–Kier alpha value is -3.60. The Morgan fingerprint density at radius 2 is 1.64 bits per heavy atom. The molecule has 0 bridgehead atoms. The number of aryl methyl sites for hydroxylation is 1. The van der Waals surface area contributed by atoms with Crippen LogP contribution in [0.4, 0.5) is 11.4 Å². The predicted octanol–water partition coefficient (Wildman–Crippen LogP) is 4.67. The third kappa shape index (κ3) is 4.20. The smallest absolute Gasteiger partial charge is 0.253 e. The van der Waals surface area contributed by atoms with Crippen molar-refractivity contribution in [2.45, 2.75) is 12.8 Å². The summed E-state index contributed by atoms with van der Waals surface area (Å²) in [7, 11) is 0. The van der Waals surface area contributed by atoms with Crippen molar-refractivity contribution in [1.82, 2.24) is 15.3 Å². The van der Waals surface area contributed by atoms with Gasteiger partial charge in [0, 0.05) is 18.7 Å². The molecule has 4 rings (SSSR count). The minimum Gasteiger partial charge on any atom is -0.355 e. The summed E-state index contributed by atoms with van der Waals surface area (Å²) in [6, 6.07) is 25.4. The normalized spacial score (nSPS) is 10.7. The molecule has 0 saturated carbocycles. The molecule has 5 nitrogen and oxygen atoms in total. The number of carbonyl (C=O) groups is 1. The van der Waals surface area contributed by atoms with Crippen LogP contribution in [0.15, 0.2) is 78.9 Å². The van der Waals surface area contributed by atoms with E-state index in [2.05, 4.69) is 20.6 Å². The molecule has 3 N–H and O–H groups in total. The number of amides is 1. The summed E-state index contributed by atoms with van der Waals surface area (Å²) in [5.74, 6) is 0.866. The van der Waals surface area contributed by atoms with Gasteiger partial charge in [0.2, 0.25) is 0 Å². The number of H-pyrrole nitrogens is 1. The number of anilines is 2. The van der Waals surface area contributed by atoms with E-state index in [1.54, 1.807) is 0 Å². The number of carbonyl (C=O) groups excluding carboxylic acids is 1. The molecule has 0 spiro atoms. The molecule has 1 aromatic heterocycles. The van der Waals surface area contributed by atoms with Crippen molar-refractivity contribution in [3.05, 3.63) is 90.3 Å². The SMILES string of the molecule is O=C(NCCCc1nc2ccccc2[nH]1)c1ccccc1Nc1ccccc1. The number of hydrogen-bond donors (Lipinski definition) is 3. The van der Waals surface area contributed by atoms with E-state index in [1.165, 1.54) is 0 Å². The van der Waals surface area contributed by atoms with Crippen molar-refractivity contribution in [2.24, 2.45) is 0 Å². The van der Waals surface area contributed by atoms with Crippen LogP contribution in [0.1, 0.15) is 22.6 Å². The van der Waals surface area contributed by atoms with Crippen LogP contribution in [-0.4, -0.2) is 22.4 Å². The Bertz CT molecular complexity index is 1040. The van der Waals surface area contributed by atoms with E-state index < -0.39 is 0 Å². The molecule has 1 heterocycles. The molecule has 0 atom stereocenters. The Kier molecular flexibility index (Phi) is 5.33. The van der Waals surface area contributed by atoms with Gasteiger partial charge in [0.15, 0.2) is 0 Å². The maximum absolute atomic E-state index is 12.6.